The lowest BCUT2D eigenvalue weighted by molar-refractivity contribution is -0.107. The maximum atomic E-state index is 12.5. The lowest BCUT2D eigenvalue weighted by atomic mass is 10.0. The minimum atomic E-state index is -2.66. The first-order valence-electron chi connectivity index (χ1n) is 4.43. The summed E-state index contributed by atoms with van der Waals surface area (Å²) in [5, 5.41) is 8.59. The second-order valence-electron chi connectivity index (χ2n) is 3.04. The van der Waals surface area contributed by atoms with Crippen LogP contribution in [0.3, 0.4) is 0 Å². The standard InChI is InChI=1S/C11H9F2NO/c12-11(13)10-6-8(2-1-5-15)3-4-9(10)7-14/h3-6,11H,1-2H2. The molecule has 1 aromatic rings. The summed E-state index contributed by atoms with van der Waals surface area (Å²) in [6.45, 7) is 0. The van der Waals surface area contributed by atoms with E-state index in [0.29, 0.717) is 18.4 Å². The van der Waals surface area contributed by atoms with Crippen LogP contribution < -0.4 is 0 Å². The van der Waals surface area contributed by atoms with Crippen LogP contribution in [0.2, 0.25) is 0 Å². The number of carbonyl (C=O) groups is 1. The summed E-state index contributed by atoms with van der Waals surface area (Å²) >= 11 is 0. The van der Waals surface area contributed by atoms with Crippen molar-refractivity contribution in [3.05, 3.63) is 34.9 Å². The highest BCUT2D eigenvalue weighted by atomic mass is 19.3. The Labute approximate surface area is 86.1 Å². The highest BCUT2D eigenvalue weighted by molar-refractivity contribution is 5.50. The predicted octanol–water partition coefficient (Wildman–Crippen LogP) is 2.63. The average Bonchev–Trinajstić information content (AvgIpc) is 2.25. The number of hydrogen-bond acceptors (Lipinski definition) is 2. The Hall–Kier alpha value is -1.76. The van der Waals surface area contributed by atoms with Crippen molar-refractivity contribution in [2.75, 3.05) is 0 Å². The Morgan fingerprint density at radius 1 is 1.47 bits per heavy atom. The fraction of sp³-hybridized carbons (Fsp3) is 0.273. The van der Waals surface area contributed by atoms with E-state index in [0.717, 1.165) is 6.29 Å². The van der Waals surface area contributed by atoms with Gasteiger partial charge in [-0.05, 0) is 24.1 Å². The number of hydrogen-bond donors (Lipinski definition) is 0. The molecule has 0 saturated heterocycles. The Morgan fingerprint density at radius 2 is 2.20 bits per heavy atom. The Morgan fingerprint density at radius 3 is 2.73 bits per heavy atom. The van der Waals surface area contributed by atoms with Crippen molar-refractivity contribution in [2.45, 2.75) is 19.3 Å². The molecule has 0 aromatic heterocycles. The Bertz CT molecular complexity index is 396. The second kappa shape index (κ2) is 5.20. The first kappa shape index (κ1) is 11.3. The van der Waals surface area contributed by atoms with E-state index in [2.05, 4.69) is 0 Å². The van der Waals surface area contributed by atoms with Crippen molar-refractivity contribution >= 4 is 6.29 Å². The van der Waals surface area contributed by atoms with E-state index >= 15 is 0 Å². The third-order valence-electron chi connectivity index (χ3n) is 2.02. The lowest BCUT2D eigenvalue weighted by Gasteiger charge is -2.05. The van der Waals surface area contributed by atoms with Crippen LogP contribution in [0, 0.1) is 11.3 Å². The lowest BCUT2D eigenvalue weighted by Crippen LogP contribution is -1.94. The van der Waals surface area contributed by atoms with Crippen LogP contribution in [0.15, 0.2) is 18.2 Å². The molecule has 0 amide bonds. The van der Waals surface area contributed by atoms with Gasteiger partial charge in [-0.2, -0.15) is 5.26 Å². The van der Waals surface area contributed by atoms with Crippen molar-refractivity contribution in [1.29, 1.82) is 5.26 Å². The zero-order valence-electron chi connectivity index (χ0n) is 7.91. The van der Waals surface area contributed by atoms with Crippen LogP contribution in [-0.2, 0) is 11.2 Å². The molecule has 0 radical (unpaired) electrons. The molecule has 2 nitrogen and oxygen atoms in total. The average molecular weight is 209 g/mol. The summed E-state index contributed by atoms with van der Waals surface area (Å²) in [5.74, 6) is 0. The number of nitriles is 1. The monoisotopic (exact) mass is 209 g/mol. The fourth-order valence-corrected chi connectivity index (χ4v) is 1.28. The van der Waals surface area contributed by atoms with Crippen molar-refractivity contribution in [2.24, 2.45) is 0 Å². The van der Waals surface area contributed by atoms with E-state index in [-0.39, 0.29) is 11.1 Å². The SMILES string of the molecule is N#Cc1ccc(CCC=O)cc1C(F)F. The van der Waals surface area contributed by atoms with Crippen LogP contribution in [-0.4, -0.2) is 6.29 Å². The molecule has 1 rings (SSSR count). The van der Waals surface area contributed by atoms with Crippen LogP contribution in [0.1, 0.15) is 29.5 Å². The van der Waals surface area contributed by atoms with E-state index in [1.165, 1.54) is 12.1 Å². The minimum Gasteiger partial charge on any atom is -0.303 e. The number of halogens is 2. The molecule has 4 heteroatoms. The van der Waals surface area contributed by atoms with Crippen molar-refractivity contribution in [3.8, 4) is 6.07 Å². The second-order valence-corrected chi connectivity index (χ2v) is 3.04. The van der Waals surface area contributed by atoms with Crippen molar-refractivity contribution in [1.82, 2.24) is 0 Å². The molecule has 0 N–H and O–H groups in total. The van der Waals surface area contributed by atoms with Crippen LogP contribution >= 0.6 is 0 Å². The van der Waals surface area contributed by atoms with Gasteiger partial charge in [-0.15, -0.1) is 0 Å². The van der Waals surface area contributed by atoms with E-state index in [9.17, 15) is 13.6 Å². The highest BCUT2D eigenvalue weighted by Crippen LogP contribution is 2.24. The van der Waals surface area contributed by atoms with Gasteiger partial charge in [-0.3, -0.25) is 0 Å². The van der Waals surface area contributed by atoms with Gasteiger partial charge in [0.15, 0.2) is 0 Å². The van der Waals surface area contributed by atoms with Gasteiger partial charge in [0.05, 0.1) is 11.6 Å². The maximum Gasteiger partial charge on any atom is 0.265 e. The number of aldehydes is 1. The molecule has 0 unspecified atom stereocenters. The third-order valence-corrected chi connectivity index (χ3v) is 2.02. The summed E-state index contributed by atoms with van der Waals surface area (Å²) in [6, 6.07) is 5.95. The fourth-order valence-electron chi connectivity index (χ4n) is 1.28. The number of nitrogens with zero attached hydrogens (tertiary/aromatic N) is 1. The molecule has 0 aliphatic heterocycles. The van der Waals surface area contributed by atoms with Gasteiger partial charge < -0.3 is 4.79 Å². The first-order chi connectivity index (χ1) is 7.19. The van der Waals surface area contributed by atoms with Gasteiger partial charge in [0, 0.05) is 12.0 Å². The van der Waals surface area contributed by atoms with Gasteiger partial charge >= 0.3 is 0 Å². The summed E-state index contributed by atoms with van der Waals surface area (Å²) in [4.78, 5) is 10.1. The van der Waals surface area contributed by atoms with E-state index in [4.69, 9.17) is 5.26 Å². The summed E-state index contributed by atoms with van der Waals surface area (Å²) in [5.41, 5.74) is 0.372. The molecule has 0 aliphatic carbocycles. The van der Waals surface area contributed by atoms with Crippen LogP contribution in [0.4, 0.5) is 8.78 Å². The van der Waals surface area contributed by atoms with Gasteiger partial charge in [-0.25, -0.2) is 8.78 Å². The molecule has 0 atom stereocenters. The van der Waals surface area contributed by atoms with Gasteiger partial charge in [-0.1, -0.05) is 6.07 Å². The molecule has 78 valence electrons. The molecule has 0 heterocycles. The largest absolute Gasteiger partial charge is 0.303 e. The third kappa shape index (κ3) is 2.84. The Kier molecular flexibility index (Phi) is 3.92. The summed E-state index contributed by atoms with van der Waals surface area (Å²) in [6.07, 6.45) is -1.19. The molecular weight excluding hydrogens is 200 g/mol. The summed E-state index contributed by atoms with van der Waals surface area (Å²) < 4.78 is 25.0. The zero-order valence-corrected chi connectivity index (χ0v) is 7.91. The highest BCUT2D eigenvalue weighted by Gasteiger charge is 2.13. The van der Waals surface area contributed by atoms with Crippen molar-refractivity contribution in [3.63, 3.8) is 0 Å². The molecule has 0 bridgehead atoms. The quantitative estimate of drug-likeness (QED) is 0.715. The Balaban J connectivity index is 3.00. The zero-order chi connectivity index (χ0) is 11.3. The topological polar surface area (TPSA) is 40.9 Å². The van der Waals surface area contributed by atoms with Gasteiger partial charge in [0.1, 0.15) is 6.29 Å². The van der Waals surface area contributed by atoms with Crippen molar-refractivity contribution < 1.29 is 13.6 Å². The van der Waals surface area contributed by atoms with E-state index in [1.54, 1.807) is 12.1 Å². The van der Waals surface area contributed by atoms with Gasteiger partial charge in [0.25, 0.3) is 6.43 Å². The normalized spacial score (nSPS) is 10.0. The first-order valence-corrected chi connectivity index (χ1v) is 4.43. The maximum absolute atomic E-state index is 12.5. The van der Waals surface area contributed by atoms with E-state index in [1.807, 2.05) is 0 Å². The smallest absolute Gasteiger partial charge is 0.265 e. The van der Waals surface area contributed by atoms with Gasteiger partial charge in [0.2, 0.25) is 0 Å². The minimum absolute atomic E-state index is 0.0140. The summed E-state index contributed by atoms with van der Waals surface area (Å²) in [7, 11) is 0. The molecule has 0 aliphatic rings. The molecule has 0 spiro atoms. The molecule has 1 aromatic carbocycles. The molecule has 0 saturated carbocycles. The number of carbonyl (C=O) groups excluding carboxylic acids is 1. The number of rotatable bonds is 4. The predicted molar refractivity (Wildman–Crippen MR) is 50.5 cm³/mol. The van der Waals surface area contributed by atoms with E-state index < -0.39 is 6.43 Å². The molecule has 15 heavy (non-hydrogen) atoms. The molecular formula is C11H9F2NO. The van der Waals surface area contributed by atoms with Crippen LogP contribution in [0.25, 0.3) is 0 Å². The molecule has 0 fully saturated rings. The number of aryl methyl sites for hydroxylation is 1. The number of benzene rings is 1. The van der Waals surface area contributed by atoms with Crippen LogP contribution in [0.5, 0.6) is 0 Å². The number of alkyl halides is 2.